The fraction of sp³-hybridized carbons (Fsp3) is 0.292. The zero-order chi connectivity index (χ0) is 22.6. The van der Waals surface area contributed by atoms with Gasteiger partial charge in [-0.15, -0.1) is 0 Å². The van der Waals surface area contributed by atoms with E-state index in [1.807, 2.05) is 38.1 Å². The highest BCUT2D eigenvalue weighted by molar-refractivity contribution is 6.17. The molecule has 2 aromatic carbocycles. The average molecular weight is 432 g/mol. The number of rotatable bonds is 5. The lowest BCUT2D eigenvalue weighted by molar-refractivity contribution is 0.100. The van der Waals surface area contributed by atoms with Crippen molar-refractivity contribution in [2.24, 2.45) is 11.7 Å². The van der Waals surface area contributed by atoms with Gasteiger partial charge in [0, 0.05) is 28.6 Å². The standard InChI is InChI=1S/C24H24N4O4/c1-12-21(13(2)32-27-12)15-8-18-17-7-6-16(26-24(30)31-3)10-20(17)28(11-14-4-5-14)22(18)19(9-15)23(25)29/h6-10,14H,4-5,11H2,1-3H3,(H2,25,29)(H,26,30). The van der Waals surface area contributed by atoms with E-state index in [2.05, 4.69) is 21.1 Å². The van der Waals surface area contributed by atoms with Crippen molar-refractivity contribution in [2.45, 2.75) is 33.2 Å². The van der Waals surface area contributed by atoms with E-state index in [9.17, 15) is 9.59 Å². The Morgan fingerprint density at radius 2 is 2.00 bits per heavy atom. The Balaban J connectivity index is 1.82. The Labute approximate surface area is 184 Å². The highest BCUT2D eigenvalue weighted by Gasteiger charge is 2.26. The number of anilines is 1. The molecule has 0 bridgehead atoms. The van der Waals surface area contributed by atoms with E-state index in [4.69, 9.17) is 15.0 Å². The second-order valence-corrected chi connectivity index (χ2v) is 8.39. The number of methoxy groups -OCH3 is 1. The third kappa shape index (κ3) is 3.28. The lowest BCUT2D eigenvalue weighted by atomic mass is 9.97. The van der Waals surface area contributed by atoms with Crippen molar-refractivity contribution < 1.29 is 18.8 Å². The largest absolute Gasteiger partial charge is 0.453 e. The van der Waals surface area contributed by atoms with Gasteiger partial charge in [-0.3, -0.25) is 10.1 Å². The average Bonchev–Trinajstić information content (AvgIpc) is 3.46. The van der Waals surface area contributed by atoms with Gasteiger partial charge in [-0.1, -0.05) is 11.2 Å². The Kier molecular flexibility index (Phi) is 4.65. The van der Waals surface area contributed by atoms with E-state index < -0.39 is 12.0 Å². The molecule has 164 valence electrons. The first-order valence-electron chi connectivity index (χ1n) is 10.6. The van der Waals surface area contributed by atoms with Gasteiger partial charge in [-0.25, -0.2) is 4.79 Å². The minimum Gasteiger partial charge on any atom is -0.453 e. The fourth-order valence-corrected chi connectivity index (χ4v) is 4.46. The van der Waals surface area contributed by atoms with Crippen molar-refractivity contribution in [3.05, 3.63) is 47.3 Å². The summed E-state index contributed by atoms with van der Waals surface area (Å²) in [6, 6.07) is 9.58. The summed E-state index contributed by atoms with van der Waals surface area (Å²) < 4.78 is 12.2. The molecule has 0 atom stereocenters. The molecule has 1 saturated carbocycles. The van der Waals surface area contributed by atoms with Crippen LogP contribution in [0.4, 0.5) is 10.5 Å². The van der Waals surface area contributed by atoms with Crippen molar-refractivity contribution in [1.82, 2.24) is 9.72 Å². The molecule has 1 fully saturated rings. The van der Waals surface area contributed by atoms with Crippen LogP contribution in [0.5, 0.6) is 0 Å². The van der Waals surface area contributed by atoms with Crippen molar-refractivity contribution in [3.8, 4) is 11.1 Å². The number of hydrogen-bond donors (Lipinski definition) is 2. The maximum absolute atomic E-state index is 12.6. The third-order valence-electron chi connectivity index (χ3n) is 6.12. The zero-order valence-corrected chi connectivity index (χ0v) is 18.2. The Morgan fingerprint density at radius 3 is 2.62 bits per heavy atom. The predicted molar refractivity (Wildman–Crippen MR) is 122 cm³/mol. The van der Waals surface area contributed by atoms with Crippen LogP contribution in [0.25, 0.3) is 32.9 Å². The molecule has 1 aliphatic carbocycles. The van der Waals surface area contributed by atoms with Crippen LogP contribution in [-0.4, -0.2) is 28.8 Å². The quantitative estimate of drug-likeness (QED) is 0.472. The maximum Gasteiger partial charge on any atom is 0.411 e. The fourth-order valence-electron chi connectivity index (χ4n) is 4.46. The first kappa shape index (κ1) is 20.1. The predicted octanol–water partition coefficient (Wildman–Crippen LogP) is 4.75. The number of aromatic nitrogens is 2. The van der Waals surface area contributed by atoms with E-state index in [1.54, 1.807) is 0 Å². The van der Waals surface area contributed by atoms with Crippen LogP contribution in [0.3, 0.4) is 0 Å². The van der Waals surface area contributed by atoms with E-state index in [1.165, 1.54) is 7.11 Å². The molecule has 3 N–H and O–H groups in total. The van der Waals surface area contributed by atoms with Gasteiger partial charge in [0.1, 0.15) is 5.76 Å². The summed E-state index contributed by atoms with van der Waals surface area (Å²) >= 11 is 0. The molecule has 0 aliphatic heterocycles. The Hall–Kier alpha value is -3.81. The molecule has 0 radical (unpaired) electrons. The van der Waals surface area contributed by atoms with Crippen LogP contribution in [0.1, 0.15) is 34.7 Å². The molecule has 1 aliphatic rings. The highest BCUT2D eigenvalue weighted by atomic mass is 16.5. The van der Waals surface area contributed by atoms with Gasteiger partial charge in [0.15, 0.2) is 0 Å². The van der Waals surface area contributed by atoms with Crippen molar-refractivity contribution in [1.29, 1.82) is 0 Å². The summed E-state index contributed by atoms with van der Waals surface area (Å²) in [4.78, 5) is 24.3. The van der Waals surface area contributed by atoms with Gasteiger partial charge in [0.05, 0.1) is 29.4 Å². The molecule has 2 amide bonds. The number of benzene rings is 2. The third-order valence-corrected chi connectivity index (χ3v) is 6.12. The second kappa shape index (κ2) is 7.40. The summed E-state index contributed by atoms with van der Waals surface area (Å²) in [7, 11) is 1.33. The molecule has 0 unspecified atom stereocenters. The van der Waals surface area contributed by atoms with Gasteiger partial charge in [0.25, 0.3) is 5.91 Å². The topological polar surface area (TPSA) is 112 Å². The van der Waals surface area contributed by atoms with Crippen LogP contribution >= 0.6 is 0 Å². The van der Waals surface area contributed by atoms with E-state index >= 15 is 0 Å². The van der Waals surface area contributed by atoms with Gasteiger partial charge < -0.3 is 19.6 Å². The molecule has 4 aromatic rings. The lowest BCUT2D eigenvalue weighted by Gasteiger charge is -2.11. The number of carbonyl (C=O) groups is 2. The minimum atomic E-state index is -0.535. The van der Waals surface area contributed by atoms with Crippen molar-refractivity contribution >= 4 is 39.5 Å². The van der Waals surface area contributed by atoms with Crippen LogP contribution < -0.4 is 11.1 Å². The number of primary amides is 1. The Bertz CT molecular complexity index is 1380. The highest BCUT2D eigenvalue weighted by Crippen LogP contribution is 2.40. The van der Waals surface area contributed by atoms with Crippen molar-refractivity contribution in [2.75, 3.05) is 12.4 Å². The number of nitrogens with two attached hydrogens (primary N) is 1. The number of amides is 2. The van der Waals surface area contributed by atoms with Gasteiger partial charge in [-0.2, -0.15) is 0 Å². The number of ether oxygens (including phenoxy) is 1. The number of fused-ring (bicyclic) bond motifs is 3. The monoisotopic (exact) mass is 432 g/mol. The summed E-state index contributed by atoms with van der Waals surface area (Å²) in [5, 5.41) is 8.69. The molecule has 2 heterocycles. The molecular formula is C24H24N4O4. The number of carbonyl (C=O) groups excluding carboxylic acids is 2. The molecule has 0 saturated heterocycles. The molecular weight excluding hydrogens is 408 g/mol. The first-order chi connectivity index (χ1) is 15.4. The van der Waals surface area contributed by atoms with Gasteiger partial charge in [-0.05, 0) is 62.4 Å². The summed E-state index contributed by atoms with van der Waals surface area (Å²) in [6.07, 6.45) is 1.78. The summed E-state index contributed by atoms with van der Waals surface area (Å²) in [5.41, 5.74) is 11.1. The summed E-state index contributed by atoms with van der Waals surface area (Å²) in [5.74, 6) is 0.758. The zero-order valence-electron chi connectivity index (χ0n) is 18.2. The molecule has 32 heavy (non-hydrogen) atoms. The maximum atomic E-state index is 12.6. The SMILES string of the molecule is COC(=O)Nc1ccc2c3cc(-c4c(C)noc4C)cc(C(N)=O)c3n(CC3CC3)c2c1. The van der Waals surface area contributed by atoms with Crippen molar-refractivity contribution in [3.63, 3.8) is 0 Å². The summed E-state index contributed by atoms with van der Waals surface area (Å²) in [6.45, 7) is 4.51. The smallest absolute Gasteiger partial charge is 0.411 e. The van der Waals surface area contributed by atoms with E-state index in [-0.39, 0.29) is 0 Å². The lowest BCUT2D eigenvalue weighted by Crippen LogP contribution is -2.14. The Morgan fingerprint density at radius 1 is 1.22 bits per heavy atom. The van der Waals surface area contributed by atoms with E-state index in [0.29, 0.717) is 22.9 Å². The minimum absolute atomic E-state index is 0.455. The molecule has 0 spiro atoms. The molecule has 2 aromatic heterocycles. The molecule has 8 heteroatoms. The van der Waals surface area contributed by atoms with Gasteiger partial charge >= 0.3 is 6.09 Å². The molecule has 8 nitrogen and oxygen atoms in total. The normalized spacial score (nSPS) is 13.6. The number of aryl methyl sites for hydroxylation is 2. The second-order valence-electron chi connectivity index (χ2n) is 8.39. The van der Waals surface area contributed by atoms with Crippen LogP contribution in [0.2, 0.25) is 0 Å². The number of hydrogen-bond acceptors (Lipinski definition) is 5. The van der Waals surface area contributed by atoms with Crippen LogP contribution in [0.15, 0.2) is 34.9 Å². The van der Waals surface area contributed by atoms with Gasteiger partial charge in [0.2, 0.25) is 0 Å². The first-order valence-corrected chi connectivity index (χ1v) is 10.6. The van der Waals surface area contributed by atoms with E-state index in [0.717, 1.165) is 58.0 Å². The van der Waals surface area contributed by atoms with Crippen LogP contribution in [0, 0.1) is 19.8 Å². The number of nitrogens with one attached hydrogen (secondary N) is 1. The van der Waals surface area contributed by atoms with Crippen LogP contribution in [-0.2, 0) is 11.3 Å². The molecule has 5 rings (SSSR count). The number of nitrogens with zero attached hydrogens (tertiary/aromatic N) is 2.